The normalized spacial score (nSPS) is 11.3. The molecule has 100 valence electrons. The standard InChI is InChI=1S/C12H19N3O3/c1-3-12(4-2,9-16)8-14-10-5-6-13-7-11(10)15(17)18/h5-7,16H,3-4,8-9H2,1-2H3,(H,13,14). The minimum atomic E-state index is -0.464. The van der Waals surface area contributed by atoms with E-state index in [1.54, 1.807) is 6.07 Å². The molecule has 0 saturated carbocycles. The quantitative estimate of drug-likeness (QED) is 0.574. The molecular formula is C12H19N3O3. The highest BCUT2D eigenvalue weighted by Gasteiger charge is 2.26. The molecule has 0 bridgehead atoms. The van der Waals surface area contributed by atoms with E-state index in [9.17, 15) is 15.2 Å². The molecule has 0 atom stereocenters. The van der Waals surface area contributed by atoms with Crippen LogP contribution >= 0.6 is 0 Å². The number of pyridine rings is 1. The predicted octanol–water partition coefficient (Wildman–Crippen LogP) is 2.20. The van der Waals surface area contributed by atoms with E-state index in [1.807, 2.05) is 13.8 Å². The second-order valence-electron chi connectivity index (χ2n) is 4.37. The minimum Gasteiger partial charge on any atom is -0.396 e. The Hall–Kier alpha value is -1.69. The van der Waals surface area contributed by atoms with Crippen LogP contribution in [-0.2, 0) is 0 Å². The van der Waals surface area contributed by atoms with Gasteiger partial charge in [-0.1, -0.05) is 13.8 Å². The summed E-state index contributed by atoms with van der Waals surface area (Å²) >= 11 is 0. The molecule has 0 aliphatic carbocycles. The average Bonchev–Trinajstić information content (AvgIpc) is 2.41. The molecule has 0 aromatic carbocycles. The number of aromatic nitrogens is 1. The molecule has 0 saturated heterocycles. The van der Waals surface area contributed by atoms with Crippen molar-refractivity contribution in [3.63, 3.8) is 0 Å². The Morgan fingerprint density at radius 3 is 2.67 bits per heavy atom. The van der Waals surface area contributed by atoms with E-state index in [-0.39, 0.29) is 17.7 Å². The number of rotatable bonds is 7. The van der Waals surface area contributed by atoms with E-state index in [2.05, 4.69) is 10.3 Å². The molecular weight excluding hydrogens is 234 g/mol. The first kappa shape index (κ1) is 14.4. The zero-order chi connectivity index (χ0) is 13.6. The number of nitro groups is 1. The molecule has 0 amide bonds. The van der Waals surface area contributed by atoms with Crippen LogP contribution in [0.25, 0.3) is 0 Å². The maximum Gasteiger partial charge on any atom is 0.310 e. The van der Waals surface area contributed by atoms with Crippen molar-refractivity contribution >= 4 is 11.4 Å². The van der Waals surface area contributed by atoms with Crippen LogP contribution in [0.4, 0.5) is 11.4 Å². The molecule has 6 heteroatoms. The predicted molar refractivity (Wildman–Crippen MR) is 69.5 cm³/mol. The van der Waals surface area contributed by atoms with Crippen LogP contribution in [0.3, 0.4) is 0 Å². The maximum absolute atomic E-state index is 10.8. The van der Waals surface area contributed by atoms with E-state index >= 15 is 0 Å². The van der Waals surface area contributed by atoms with Crippen molar-refractivity contribution in [2.45, 2.75) is 26.7 Å². The fraction of sp³-hybridized carbons (Fsp3) is 0.583. The van der Waals surface area contributed by atoms with Crippen LogP contribution in [0.15, 0.2) is 18.5 Å². The number of hydrogen-bond donors (Lipinski definition) is 2. The highest BCUT2D eigenvalue weighted by molar-refractivity contribution is 5.59. The van der Waals surface area contributed by atoms with Crippen LogP contribution in [0.1, 0.15) is 26.7 Å². The number of hydrogen-bond acceptors (Lipinski definition) is 5. The van der Waals surface area contributed by atoms with E-state index < -0.39 is 4.92 Å². The maximum atomic E-state index is 10.8. The van der Waals surface area contributed by atoms with E-state index in [1.165, 1.54) is 12.4 Å². The van der Waals surface area contributed by atoms with Gasteiger partial charge in [-0.15, -0.1) is 0 Å². The largest absolute Gasteiger partial charge is 0.396 e. The monoisotopic (exact) mass is 253 g/mol. The first-order valence-corrected chi connectivity index (χ1v) is 6.01. The molecule has 1 aromatic heterocycles. The van der Waals surface area contributed by atoms with Gasteiger partial charge in [0.15, 0.2) is 0 Å². The molecule has 18 heavy (non-hydrogen) atoms. The fourth-order valence-electron chi connectivity index (χ4n) is 1.74. The summed E-state index contributed by atoms with van der Waals surface area (Å²) in [5.41, 5.74) is 0.156. The van der Waals surface area contributed by atoms with Crippen molar-refractivity contribution in [2.24, 2.45) is 5.41 Å². The van der Waals surface area contributed by atoms with Crippen molar-refractivity contribution in [3.8, 4) is 0 Å². The van der Waals surface area contributed by atoms with Crippen molar-refractivity contribution in [1.29, 1.82) is 0 Å². The molecule has 6 nitrogen and oxygen atoms in total. The highest BCUT2D eigenvalue weighted by atomic mass is 16.6. The smallest absolute Gasteiger partial charge is 0.310 e. The Labute approximate surface area is 106 Å². The van der Waals surface area contributed by atoms with Crippen LogP contribution in [0.5, 0.6) is 0 Å². The molecule has 0 aliphatic rings. The van der Waals surface area contributed by atoms with Crippen LogP contribution in [0, 0.1) is 15.5 Å². The van der Waals surface area contributed by atoms with Crippen LogP contribution < -0.4 is 5.32 Å². The summed E-state index contributed by atoms with van der Waals surface area (Å²) in [5, 5.41) is 23.3. The summed E-state index contributed by atoms with van der Waals surface area (Å²) in [4.78, 5) is 14.1. The average molecular weight is 253 g/mol. The van der Waals surface area contributed by atoms with Gasteiger partial charge in [0, 0.05) is 18.2 Å². The number of nitrogens with one attached hydrogen (secondary N) is 1. The van der Waals surface area contributed by atoms with Crippen molar-refractivity contribution in [1.82, 2.24) is 4.98 Å². The lowest BCUT2D eigenvalue weighted by molar-refractivity contribution is -0.384. The molecule has 2 N–H and O–H groups in total. The van der Waals surface area contributed by atoms with Gasteiger partial charge in [-0.05, 0) is 18.9 Å². The summed E-state index contributed by atoms with van der Waals surface area (Å²) in [5.74, 6) is 0. The van der Waals surface area contributed by atoms with Crippen LogP contribution in [0.2, 0.25) is 0 Å². The summed E-state index contributed by atoms with van der Waals surface area (Å²) in [6.07, 6.45) is 4.35. The number of aliphatic hydroxyl groups excluding tert-OH is 1. The second-order valence-corrected chi connectivity index (χ2v) is 4.37. The third-order valence-corrected chi connectivity index (χ3v) is 3.49. The van der Waals surface area contributed by atoms with Crippen molar-refractivity contribution < 1.29 is 10.0 Å². The molecule has 1 heterocycles. The van der Waals surface area contributed by atoms with Gasteiger partial charge < -0.3 is 10.4 Å². The summed E-state index contributed by atoms with van der Waals surface area (Å²) in [6, 6.07) is 1.57. The number of anilines is 1. The molecule has 0 fully saturated rings. The molecule has 0 unspecified atom stereocenters. The zero-order valence-electron chi connectivity index (χ0n) is 10.7. The van der Waals surface area contributed by atoms with E-state index in [0.717, 1.165) is 12.8 Å². The third-order valence-electron chi connectivity index (χ3n) is 3.49. The Balaban J connectivity index is 2.83. The highest BCUT2D eigenvalue weighted by Crippen LogP contribution is 2.28. The molecule has 0 radical (unpaired) electrons. The SMILES string of the molecule is CCC(CC)(CO)CNc1ccncc1[N+](=O)[O-]. The van der Waals surface area contributed by atoms with Gasteiger partial charge in [0.05, 0.1) is 11.5 Å². The third kappa shape index (κ3) is 3.16. The van der Waals surface area contributed by atoms with Gasteiger partial charge in [-0.3, -0.25) is 15.1 Å². The Kier molecular flexibility index (Phi) is 5.03. The van der Waals surface area contributed by atoms with Gasteiger partial charge in [-0.25, -0.2) is 0 Å². The van der Waals surface area contributed by atoms with Gasteiger partial charge in [-0.2, -0.15) is 0 Å². The Morgan fingerprint density at radius 1 is 1.50 bits per heavy atom. The number of aliphatic hydroxyl groups is 1. The lowest BCUT2D eigenvalue weighted by Gasteiger charge is -2.29. The molecule has 0 aliphatic heterocycles. The molecule has 0 spiro atoms. The van der Waals surface area contributed by atoms with Gasteiger partial charge in [0.1, 0.15) is 11.9 Å². The Bertz CT molecular complexity index is 397. The first-order valence-electron chi connectivity index (χ1n) is 6.01. The molecule has 1 aromatic rings. The number of nitrogens with zero attached hydrogens (tertiary/aromatic N) is 2. The fourth-order valence-corrected chi connectivity index (χ4v) is 1.74. The van der Waals surface area contributed by atoms with E-state index in [4.69, 9.17) is 0 Å². The lowest BCUT2D eigenvalue weighted by Crippen LogP contribution is -2.32. The van der Waals surface area contributed by atoms with Crippen molar-refractivity contribution in [2.75, 3.05) is 18.5 Å². The topological polar surface area (TPSA) is 88.3 Å². The minimum absolute atomic E-state index is 0.0449. The van der Waals surface area contributed by atoms with Gasteiger partial charge >= 0.3 is 5.69 Å². The summed E-state index contributed by atoms with van der Waals surface area (Å²) in [6.45, 7) is 4.57. The molecule has 1 rings (SSSR count). The summed E-state index contributed by atoms with van der Waals surface area (Å²) < 4.78 is 0. The van der Waals surface area contributed by atoms with Gasteiger partial charge in [0.2, 0.25) is 0 Å². The van der Waals surface area contributed by atoms with E-state index in [0.29, 0.717) is 12.2 Å². The Morgan fingerprint density at radius 2 is 2.17 bits per heavy atom. The summed E-state index contributed by atoms with van der Waals surface area (Å²) in [7, 11) is 0. The second kappa shape index (κ2) is 6.30. The zero-order valence-corrected chi connectivity index (χ0v) is 10.7. The van der Waals surface area contributed by atoms with Gasteiger partial charge in [0.25, 0.3) is 0 Å². The van der Waals surface area contributed by atoms with Crippen molar-refractivity contribution in [3.05, 3.63) is 28.6 Å². The van der Waals surface area contributed by atoms with Crippen LogP contribution in [-0.4, -0.2) is 28.2 Å². The first-order chi connectivity index (χ1) is 8.58. The lowest BCUT2D eigenvalue weighted by atomic mass is 9.83.